The van der Waals surface area contributed by atoms with Gasteiger partial charge in [0.1, 0.15) is 5.56 Å². The fraction of sp³-hybridized carbons (Fsp3) is 0.600. The molecule has 0 bridgehead atoms. The molecule has 2 aliphatic carbocycles. The van der Waals surface area contributed by atoms with Crippen molar-refractivity contribution in [1.29, 1.82) is 0 Å². The SMILES string of the molecule is O=[N+]([O-])c1cccc(Br)c1C#CP(=O)(C1CCCCC1)C1CCCCC1. The van der Waals surface area contributed by atoms with Gasteiger partial charge in [-0.1, -0.05) is 50.5 Å². The lowest BCUT2D eigenvalue weighted by Crippen LogP contribution is -2.22. The lowest BCUT2D eigenvalue weighted by atomic mass is 9.99. The number of rotatable bonds is 3. The highest BCUT2D eigenvalue weighted by molar-refractivity contribution is 9.10. The zero-order valence-corrected chi connectivity index (χ0v) is 17.4. The van der Waals surface area contributed by atoms with E-state index >= 15 is 0 Å². The molecule has 140 valence electrons. The molecule has 0 aliphatic heterocycles. The molecule has 0 radical (unpaired) electrons. The number of nitrogens with zero attached hydrogens (tertiary/aromatic N) is 1. The van der Waals surface area contributed by atoms with Crippen molar-refractivity contribution in [3.05, 3.63) is 38.3 Å². The van der Waals surface area contributed by atoms with Crippen LogP contribution in [0.4, 0.5) is 5.69 Å². The average Bonchev–Trinajstić information content (AvgIpc) is 2.68. The summed E-state index contributed by atoms with van der Waals surface area (Å²) >= 11 is 3.38. The molecule has 2 aliphatic rings. The van der Waals surface area contributed by atoms with Gasteiger partial charge in [-0.05, 0) is 53.3 Å². The van der Waals surface area contributed by atoms with Crippen molar-refractivity contribution in [2.24, 2.45) is 0 Å². The zero-order valence-electron chi connectivity index (χ0n) is 15.0. The van der Waals surface area contributed by atoms with Gasteiger partial charge in [0.25, 0.3) is 5.69 Å². The van der Waals surface area contributed by atoms with E-state index in [9.17, 15) is 14.7 Å². The minimum atomic E-state index is -2.71. The first-order valence-electron chi connectivity index (χ1n) is 9.58. The maximum atomic E-state index is 14.1. The van der Waals surface area contributed by atoms with Gasteiger partial charge in [-0.15, -0.1) is 0 Å². The minimum Gasteiger partial charge on any atom is -0.309 e. The van der Waals surface area contributed by atoms with E-state index in [-0.39, 0.29) is 17.0 Å². The Morgan fingerprint density at radius 2 is 1.54 bits per heavy atom. The number of hydrogen-bond acceptors (Lipinski definition) is 3. The van der Waals surface area contributed by atoms with Crippen LogP contribution in [0.5, 0.6) is 0 Å². The van der Waals surface area contributed by atoms with Gasteiger partial charge < -0.3 is 4.57 Å². The van der Waals surface area contributed by atoms with Gasteiger partial charge in [0.15, 0.2) is 7.14 Å². The van der Waals surface area contributed by atoms with Crippen molar-refractivity contribution in [1.82, 2.24) is 0 Å². The van der Waals surface area contributed by atoms with Crippen molar-refractivity contribution in [3.8, 4) is 11.6 Å². The van der Waals surface area contributed by atoms with Crippen LogP contribution < -0.4 is 0 Å². The fourth-order valence-corrected chi connectivity index (χ4v) is 8.31. The Labute approximate surface area is 163 Å². The highest BCUT2D eigenvalue weighted by Crippen LogP contribution is 2.62. The molecule has 2 saturated carbocycles. The molecule has 2 fully saturated rings. The predicted octanol–water partition coefficient (Wildman–Crippen LogP) is 6.69. The Morgan fingerprint density at radius 3 is 2.04 bits per heavy atom. The van der Waals surface area contributed by atoms with Crippen LogP contribution in [-0.2, 0) is 4.57 Å². The summed E-state index contributed by atoms with van der Waals surface area (Å²) in [5.74, 6) is 3.00. The number of nitro benzene ring substituents is 1. The third-order valence-corrected chi connectivity index (χ3v) is 10.1. The van der Waals surface area contributed by atoms with Crippen molar-refractivity contribution < 1.29 is 9.49 Å². The normalized spacial score (nSPS) is 19.6. The van der Waals surface area contributed by atoms with E-state index < -0.39 is 12.1 Å². The molecule has 1 aromatic carbocycles. The largest absolute Gasteiger partial charge is 0.309 e. The monoisotopic (exact) mass is 437 g/mol. The molecule has 0 saturated heterocycles. The first-order valence-corrected chi connectivity index (χ1v) is 12.2. The van der Waals surface area contributed by atoms with Gasteiger partial charge in [0.05, 0.1) is 4.92 Å². The molecule has 0 amide bonds. The summed E-state index contributed by atoms with van der Waals surface area (Å²) in [5, 5.41) is 11.3. The fourth-order valence-electron chi connectivity index (χ4n) is 4.34. The van der Waals surface area contributed by atoms with Gasteiger partial charge in [-0.25, -0.2) is 0 Å². The van der Waals surface area contributed by atoms with Crippen molar-refractivity contribution in [2.75, 3.05) is 0 Å². The van der Waals surface area contributed by atoms with E-state index in [0.29, 0.717) is 10.0 Å². The summed E-state index contributed by atoms with van der Waals surface area (Å²) in [6.45, 7) is 0. The third kappa shape index (κ3) is 4.24. The van der Waals surface area contributed by atoms with Gasteiger partial charge in [-0.2, -0.15) is 0 Å². The van der Waals surface area contributed by atoms with Crippen molar-refractivity contribution in [3.63, 3.8) is 0 Å². The Hall–Kier alpha value is -1.11. The van der Waals surface area contributed by atoms with Crippen LogP contribution in [0.1, 0.15) is 69.8 Å². The topological polar surface area (TPSA) is 60.2 Å². The Balaban J connectivity index is 2.01. The van der Waals surface area contributed by atoms with E-state index in [1.54, 1.807) is 12.1 Å². The first kappa shape index (κ1) is 19.6. The van der Waals surface area contributed by atoms with Crippen LogP contribution in [0, 0.1) is 21.7 Å². The van der Waals surface area contributed by atoms with Crippen LogP contribution in [0.15, 0.2) is 22.7 Å². The number of halogens is 1. The van der Waals surface area contributed by atoms with E-state index in [4.69, 9.17) is 0 Å². The standard InChI is InChI=1S/C20H25BrNO3P/c21-19-12-7-13-20(22(23)24)18(19)14-15-26(25,16-8-3-1-4-9-16)17-10-5-2-6-11-17/h7,12-13,16-17H,1-6,8-11H2. The summed E-state index contributed by atoms with van der Waals surface area (Å²) in [4.78, 5) is 10.9. The first-order chi connectivity index (χ1) is 12.5. The van der Waals surface area contributed by atoms with Gasteiger partial charge in [0, 0.05) is 21.9 Å². The maximum Gasteiger partial charge on any atom is 0.286 e. The van der Waals surface area contributed by atoms with Gasteiger partial charge >= 0.3 is 0 Å². The summed E-state index contributed by atoms with van der Waals surface area (Å²) < 4.78 is 14.7. The van der Waals surface area contributed by atoms with Crippen molar-refractivity contribution in [2.45, 2.75) is 75.5 Å². The van der Waals surface area contributed by atoms with E-state index in [2.05, 4.69) is 27.5 Å². The molecule has 4 nitrogen and oxygen atoms in total. The molecule has 0 N–H and O–H groups in total. The number of hydrogen-bond donors (Lipinski definition) is 0. The van der Waals surface area contributed by atoms with E-state index in [1.807, 2.05) is 0 Å². The molecule has 26 heavy (non-hydrogen) atoms. The Kier molecular flexibility index (Phi) is 6.59. The lowest BCUT2D eigenvalue weighted by molar-refractivity contribution is -0.385. The second-order valence-corrected chi connectivity index (χ2v) is 11.4. The molecule has 0 unspecified atom stereocenters. The second kappa shape index (κ2) is 8.72. The summed E-state index contributed by atoms with van der Waals surface area (Å²) in [6, 6.07) is 4.85. The van der Waals surface area contributed by atoms with Crippen LogP contribution in [-0.4, -0.2) is 16.2 Å². The highest BCUT2D eigenvalue weighted by atomic mass is 79.9. The second-order valence-electron chi connectivity index (χ2n) is 7.42. The minimum absolute atomic E-state index is 0.0225. The summed E-state index contributed by atoms with van der Waals surface area (Å²) in [6.07, 6.45) is 10.9. The molecule has 3 rings (SSSR count). The molecule has 0 heterocycles. The maximum absolute atomic E-state index is 14.1. The smallest absolute Gasteiger partial charge is 0.286 e. The van der Waals surface area contributed by atoms with Gasteiger partial charge in [0.2, 0.25) is 0 Å². The van der Waals surface area contributed by atoms with Crippen LogP contribution in [0.2, 0.25) is 0 Å². The zero-order chi connectivity index (χ0) is 18.6. The molecule has 0 atom stereocenters. The number of nitro groups is 1. The Morgan fingerprint density at radius 1 is 1.00 bits per heavy atom. The summed E-state index contributed by atoms with van der Waals surface area (Å²) in [5.41, 5.74) is 3.84. The highest BCUT2D eigenvalue weighted by Gasteiger charge is 2.40. The molecule has 0 aromatic heterocycles. The predicted molar refractivity (Wildman–Crippen MR) is 109 cm³/mol. The van der Waals surface area contributed by atoms with E-state index in [0.717, 1.165) is 51.4 Å². The Bertz CT molecular complexity index is 749. The van der Waals surface area contributed by atoms with Crippen LogP contribution in [0.3, 0.4) is 0 Å². The molecule has 6 heteroatoms. The lowest BCUT2D eigenvalue weighted by Gasteiger charge is -2.34. The third-order valence-electron chi connectivity index (χ3n) is 5.78. The molecular weight excluding hydrogens is 413 g/mol. The quantitative estimate of drug-likeness (QED) is 0.229. The van der Waals surface area contributed by atoms with Crippen LogP contribution in [0.25, 0.3) is 0 Å². The summed E-state index contributed by atoms with van der Waals surface area (Å²) in [7, 11) is -2.71. The molecular formula is C20H25BrNO3P. The average molecular weight is 438 g/mol. The van der Waals surface area contributed by atoms with Crippen molar-refractivity contribution >= 4 is 28.8 Å². The number of benzene rings is 1. The molecule has 1 aromatic rings. The van der Waals surface area contributed by atoms with Gasteiger partial charge in [-0.3, -0.25) is 10.1 Å². The van der Waals surface area contributed by atoms with E-state index in [1.165, 1.54) is 18.9 Å². The van der Waals surface area contributed by atoms with Crippen LogP contribution >= 0.6 is 23.1 Å². The molecule has 0 spiro atoms.